The van der Waals surface area contributed by atoms with Crippen LogP contribution in [0.25, 0.3) is 0 Å². The lowest BCUT2D eigenvalue weighted by atomic mass is 10.1. The van der Waals surface area contributed by atoms with Gasteiger partial charge in [-0.25, -0.2) is 4.79 Å². The minimum absolute atomic E-state index is 0.0948. The van der Waals surface area contributed by atoms with Gasteiger partial charge in [-0.05, 0) is 0 Å². The topological polar surface area (TPSA) is 132 Å². The summed E-state index contributed by atoms with van der Waals surface area (Å²) in [4.78, 5) is 12.3. The summed E-state index contributed by atoms with van der Waals surface area (Å²) in [5, 5.41) is 32.9. The molecule has 2 aliphatic heterocycles. The second kappa shape index (κ2) is 4.53. The lowest BCUT2D eigenvalue weighted by Crippen LogP contribution is -2.43. The minimum atomic E-state index is -1.27. The summed E-state index contributed by atoms with van der Waals surface area (Å²) in [7, 11) is 0. The number of primary amides is 1. The fourth-order valence-electron chi connectivity index (χ4n) is 1.86. The Hall–Kier alpha value is -1.68. The highest BCUT2D eigenvalue weighted by Crippen LogP contribution is 2.28. The van der Waals surface area contributed by atoms with Gasteiger partial charge in [0.1, 0.15) is 30.5 Å². The number of nitrogens with two attached hydrogens (primary N) is 1. The third-order valence-electron chi connectivity index (χ3n) is 2.83. The Labute approximate surface area is 102 Å². The van der Waals surface area contributed by atoms with Crippen molar-refractivity contribution < 1.29 is 24.9 Å². The van der Waals surface area contributed by atoms with Gasteiger partial charge in [-0.1, -0.05) is 6.58 Å². The van der Waals surface area contributed by atoms with Crippen LogP contribution in [0.5, 0.6) is 0 Å². The molecule has 0 aromatic heterocycles. The smallest absolute Gasteiger partial charge is 0.341 e. The van der Waals surface area contributed by atoms with Crippen LogP contribution in [0.1, 0.15) is 0 Å². The van der Waals surface area contributed by atoms with E-state index in [1.54, 1.807) is 0 Å². The lowest BCUT2D eigenvalue weighted by Gasteiger charge is -2.26. The molecular weight excluding hydrogens is 244 g/mol. The van der Waals surface area contributed by atoms with Gasteiger partial charge in [0.25, 0.3) is 0 Å². The third-order valence-corrected chi connectivity index (χ3v) is 2.83. The zero-order valence-corrected chi connectivity index (χ0v) is 9.38. The first kappa shape index (κ1) is 12.8. The van der Waals surface area contributed by atoms with Gasteiger partial charge in [0.05, 0.1) is 6.61 Å². The third kappa shape index (κ3) is 1.82. The Morgan fingerprint density at radius 2 is 2.22 bits per heavy atom. The van der Waals surface area contributed by atoms with E-state index in [0.29, 0.717) is 0 Å². The first-order valence-corrected chi connectivity index (χ1v) is 5.20. The molecular formula is C9H14N4O5. The van der Waals surface area contributed by atoms with Gasteiger partial charge in [0.15, 0.2) is 6.23 Å². The summed E-state index contributed by atoms with van der Waals surface area (Å²) in [6.45, 7) is 3.15. The van der Waals surface area contributed by atoms with E-state index >= 15 is 0 Å². The van der Waals surface area contributed by atoms with Gasteiger partial charge >= 0.3 is 6.03 Å². The van der Waals surface area contributed by atoms with E-state index < -0.39 is 37.2 Å². The number of ether oxygens (including phenoxy) is 1. The average Bonchev–Trinajstić information content (AvgIpc) is 2.82. The molecule has 9 heteroatoms. The Morgan fingerprint density at radius 1 is 1.56 bits per heavy atom. The molecule has 0 bridgehead atoms. The number of aliphatic hydroxyl groups is 3. The fraction of sp³-hybridized carbons (Fsp3) is 0.556. The molecule has 5 N–H and O–H groups in total. The monoisotopic (exact) mass is 258 g/mol. The molecule has 100 valence electrons. The van der Waals surface area contributed by atoms with Crippen LogP contribution in [0.4, 0.5) is 4.79 Å². The van der Waals surface area contributed by atoms with Crippen LogP contribution in [-0.4, -0.2) is 68.7 Å². The number of aliphatic hydroxyl groups excluding tert-OH is 3. The number of amides is 2. The van der Waals surface area contributed by atoms with E-state index in [9.17, 15) is 15.0 Å². The Balaban J connectivity index is 2.13. The SMILES string of the molecule is C=C1N(C(N)=O)N=CN1C1OC(CO)C(O)C1O. The van der Waals surface area contributed by atoms with Gasteiger partial charge in [-0.3, -0.25) is 4.90 Å². The van der Waals surface area contributed by atoms with E-state index in [-0.39, 0.29) is 5.82 Å². The molecule has 2 aliphatic rings. The van der Waals surface area contributed by atoms with Crippen LogP contribution in [0, 0.1) is 0 Å². The molecule has 2 rings (SSSR count). The summed E-state index contributed by atoms with van der Waals surface area (Å²) >= 11 is 0. The second-order valence-electron chi connectivity index (χ2n) is 3.93. The molecule has 4 atom stereocenters. The molecule has 9 nitrogen and oxygen atoms in total. The van der Waals surface area contributed by atoms with E-state index in [0.717, 1.165) is 5.01 Å². The fourth-order valence-corrected chi connectivity index (χ4v) is 1.86. The molecule has 2 heterocycles. The summed E-state index contributed by atoms with van der Waals surface area (Å²) in [6, 6.07) is -0.828. The average molecular weight is 258 g/mol. The van der Waals surface area contributed by atoms with Crippen LogP contribution in [0.15, 0.2) is 17.5 Å². The number of carbonyl (C=O) groups excluding carboxylic acids is 1. The highest BCUT2D eigenvalue weighted by molar-refractivity contribution is 5.78. The van der Waals surface area contributed by atoms with Crippen molar-refractivity contribution in [2.45, 2.75) is 24.5 Å². The second-order valence-corrected chi connectivity index (χ2v) is 3.93. The predicted molar refractivity (Wildman–Crippen MR) is 58.7 cm³/mol. The molecule has 0 aliphatic carbocycles. The van der Waals surface area contributed by atoms with Gasteiger partial charge in [0, 0.05) is 0 Å². The van der Waals surface area contributed by atoms with Crippen molar-refractivity contribution in [3.05, 3.63) is 12.4 Å². The van der Waals surface area contributed by atoms with Crippen molar-refractivity contribution >= 4 is 12.4 Å². The number of hydrazone groups is 1. The minimum Gasteiger partial charge on any atom is -0.394 e. The van der Waals surface area contributed by atoms with Crippen molar-refractivity contribution in [2.75, 3.05) is 6.61 Å². The van der Waals surface area contributed by atoms with Crippen LogP contribution in [0.2, 0.25) is 0 Å². The largest absolute Gasteiger partial charge is 0.394 e. The Kier molecular flexibility index (Phi) is 3.22. The van der Waals surface area contributed by atoms with Crippen LogP contribution in [-0.2, 0) is 4.74 Å². The first-order chi connectivity index (χ1) is 8.47. The van der Waals surface area contributed by atoms with Crippen molar-refractivity contribution in [3.8, 4) is 0 Å². The number of carbonyl (C=O) groups is 1. The Bertz CT molecular complexity index is 400. The zero-order valence-electron chi connectivity index (χ0n) is 9.38. The number of nitrogens with zero attached hydrogens (tertiary/aromatic N) is 3. The number of hydrogen-bond acceptors (Lipinski definition) is 7. The van der Waals surface area contributed by atoms with Gasteiger partial charge in [-0.15, -0.1) is 0 Å². The maximum Gasteiger partial charge on any atom is 0.341 e. The zero-order chi connectivity index (χ0) is 13.4. The predicted octanol–water partition coefficient (Wildman–Crippen LogP) is -2.46. The van der Waals surface area contributed by atoms with Crippen molar-refractivity contribution in [2.24, 2.45) is 10.8 Å². The van der Waals surface area contributed by atoms with E-state index in [4.69, 9.17) is 15.6 Å². The summed E-state index contributed by atoms with van der Waals surface area (Å²) in [5.74, 6) is 0.0948. The summed E-state index contributed by atoms with van der Waals surface area (Å²) in [5.41, 5.74) is 5.06. The number of hydrogen-bond donors (Lipinski definition) is 4. The molecule has 18 heavy (non-hydrogen) atoms. The molecule has 0 spiro atoms. The quantitative estimate of drug-likeness (QED) is 0.434. The van der Waals surface area contributed by atoms with Crippen LogP contribution in [0.3, 0.4) is 0 Å². The molecule has 1 fully saturated rings. The highest BCUT2D eigenvalue weighted by atomic mass is 16.6. The maximum absolute atomic E-state index is 11.0. The summed E-state index contributed by atoms with van der Waals surface area (Å²) in [6.07, 6.45) is -3.19. The number of urea groups is 1. The van der Waals surface area contributed by atoms with Crippen molar-refractivity contribution in [1.82, 2.24) is 9.91 Å². The van der Waals surface area contributed by atoms with E-state index in [2.05, 4.69) is 11.7 Å². The maximum atomic E-state index is 11.0. The molecule has 0 radical (unpaired) electrons. The molecule has 1 saturated heterocycles. The van der Waals surface area contributed by atoms with Gasteiger partial charge < -0.3 is 25.8 Å². The lowest BCUT2D eigenvalue weighted by molar-refractivity contribution is -0.0621. The van der Waals surface area contributed by atoms with Crippen LogP contribution < -0.4 is 5.73 Å². The highest BCUT2D eigenvalue weighted by Gasteiger charge is 2.47. The van der Waals surface area contributed by atoms with Gasteiger partial charge in [-0.2, -0.15) is 10.1 Å². The summed E-state index contributed by atoms with van der Waals surface area (Å²) < 4.78 is 5.26. The van der Waals surface area contributed by atoms with Gasteiger partial charge in [0.2, 0.25) is 0 Å². The van der Waals surface area contributed by atoms with Crippen LogP contribution >= 0.6 is 0 Å². The molecule has 0 aromatic rings. The van der Waals surface area contributed by atoms with Crippen molar-refractivity contribution in [1.29, 1.82) is 0 Å². The van der Waals surface area contributed by atoms with E-state index in [1.807, 2.05) is 0 Å². The first-order valence-electron chi connectivity index (χ1n) is 5.20. The Morgan fingerprint density at radius 3 is 2.67 bits per heavy atom. The number of rotatable bonds is 2. The molecule has 0 saturated carbocycles. The van der Waals surface area contributed by atoms with Crippen molar-refractivity contribution in [3.63, 3.8) is 0 Å². The normalized spacial score (nSPS) is 35.6. The molecule has 4 unspecified atom stereocenters. The molecule has 0 aromatic carbocycles. The van der Waals surface area contributed by atoms with E-state index in [1.165, 1.54) is 11.2 Å². The standard InChI is InChI=1S/C9H14N4O5/c1-4-12(3-11-13(4)9(10)17)8-7(16)6(15)5(2-14)18-8/h3,5-8,14-16H,1-2H2,(H2,10,17). The molecule has 2 amide bonds.